The van der Waals surface area contributed by atoms with E-state index < -0.39 is 0 Å². The third-order valence-electron chi connectivity index (χ3n) is 1.41. The van der Waals surface area contributed by atoms with E-state index in [0.717, 1.165) is 28.8 Å². The Morgan fingerprint density at radius 3 is 2.60 bits per heavy atom. The van der Waals surface area contributed by atoms with Crippen LogP contribution in [0, 0.1) is 0 Å². The average Bonchev–Trinajstić information content (AvgIpc) is 2.37. The molecule has 0 bridgehead atoms. The van der Waals surface area contributed by atoms with Crippen LogP contribution in [-0.2, 0) is 12.8 Å². The maximum Gasteiger partial charge on any atom is 0.104 e. The summed E-state index contributed by atoms with van der Waals surface area (Å²) in [7, 11) is 0. The summed E-state index contributed by atoms with van der Waals surface area (Å²) in [5.74, 6) is 2.21. The third-order valence-corrected chi connectivity index (χ3v) is 1.95. The van der Waals surface area contributed by atoms with Crippen molar-refractivity contribution in [3.8, 4) is 0 Å². The highest BCUT2D eigenvalue weighted by Gasteiger charge is 1.97. The van der Waals surface area contributed by atoms with Crippen LogP contribution in [0.2, 0.25) is 0 Å². The van der Waals surface area contributed by atoms with Crippen LogP contribution in [0.3, 0.4) is 0 Å². The second-order valence-electron chi connectivity index (χ2n) is 2.16. The SMILES string of the molecule is CCc1ccc(CCI)o1. The van der Waals surface area contributed by atoms with Gasteiger partial charge in [-0.15, -0.1) is 0 Å². The van der Waals surface area contributed by atoms with Crippen molar-refractivity contribution in [1.29, 1.82) is 0 Å². The van der Waals surface area contributed by atoms with Crippen LogP contribution in [0.25, 0.3) is 0 Å². The predicted molar refractivity (Wildman–Crippen MR) is 50.7 cm³/mol. The molecule has 0 fully saturated rings. The van der Waals surface area contributed by atoms with Crippen LogP contribution in [0.15, 0.2) is 16.5 Å². The van der Waals surface area contributed by atoms with Crippen molar-refractivity contribution in [2.24, 2.45) is 0 Å². The molecule has 10 heavy (non-hydrogen) atoms. The van der Waals surface area contributed by atoms with Crippen LogP contribution in [-0.4, -0.2) is 4.43 Å². The van der Waals surface area contributed by atoms with Gasteiger partial charge in [0, 0.05) is 17.3 Å². The van der Waals surface area contributed by atoms with E-state index >= 15 is 0 Å². The van der Waals surface area contributed by atoms with Crippen molar-refractivity contribution in [1.82, 2.24) is 0 Å². The van der Waals surface area contributed by atoms with Gasteiger partial charge < -0.3 is 4.42 Å². The highest BCUT2D eigenvalue weighted by molar-refractivity contribution is 14.1. The molecule has 1 heterocycles. The van der Waals surface area contributed by atoms with Crippen molar-refractivity contribution in [2.45, 2.75) is 19.8 Å². The zero-order valence-electron chi connectivity index (χ0n) is 6.06. The van der Waals surface area contributed by atoms with E-state index in [1.54, 1.807) is 0 Å². The van der Waals surface area contributed by atoms with Crippen LogP contribution < -0.4 is 0 Å². The van der Waals surface area contributed by atoms with E-state index in [1.165, 1.54) is 0 Å². The Morgan fingerprint density at radius 1 is 1.40 bits per heavy atom. The van der Waals surface area contributed by atoms with Gasteiger partial charge in [0.2, 0.25) is 0 Å². The minimum atomic E-state index is 1.00. The Kier molecular flexibility index (Phi) is 3.25. The van der Waals surface area contributed by atoms with Crippen molar-refractivity contribution >= 4 is 22.6 Å². The van der Waals surface area contributed by atoms with E-state index in [2.05, 4.69) is 41.6 Å². The summed E-state index contributed by atoms with van der Waals surface area (Å²) in [4.78, 5) is 0. The smallest absolute Gasteiger partial charge is 0.104 e. The summed E-state index contributed by atoms with van der Waals surface area (Å²) in [5.41, 5.74) is 0. The van der Waals surface area contributed by atoms with Crippen molar-refractivity contribution in [2.75, 3.05) is 4.43 Å². The lowest BCUT2D eigenvalue weighted by molar-refractivity contribution is 0.476. The highest BCUT2D eigenvalue weighted by atomic mass is 127. The van der Waals surface area contributed by atoms with E-state index in [4.69, 9.17) is 4.42 Å². The lowest BCUT2D eigenvalue weighted by Gasteiger charge is -1.89. The summed E-state index contributed by atoms with van der Waals surface area (Å²) >= 11 is 2.35. The van der Waals surface area contributed by atoms with Crippen molar-refractivity contribution < 1.29 is 4.42 Å². The normalized spacial score (nSPS) is 10.2. The number of halogens is 1. The molecule has 0 atom stereocenters. The van der Waals surface area contributed by atoms with Gasteiger partial charge in [-0.1, -0.05) is 29.5 Å². The molecule has 1 aromatic rings. The molecule has 1 nitrogen and oxygen atoms in total. The van der Waals surface area contributed by atoms with Crippen molar-refractivity contribution in [3.05, 3.63) is 23.7 Å². The van der Waals surface area contributed by atoms with Gasteiger partial charge in [0.15, 0.2) is 0 Å². The number of hydrogen-bond donors (Lipinski definition) is 0. The van der Waals surface area contributed by atoms with E-state index in [9.17, 15) is 0 Å². The number of alkyl halides is 1. The number of furan rings is 1. The second kappa shape index (κ2) is 4.01. The van der Waals surface area contributed by atoms with Gasteiger partial charge >= 0.3 is 0 Å². The van der Waals surface area contributed by atoms with Gasteiger partial charge in [-0.2, -0.15) is 0 Å². The molecule has 0 saturated carbocycles. The molecule has 0 aliphatic rings. The molecule has 0 aliphatic heterocycles. The molecule has 56 valence electrons. The quantitative estimate of drug-likeness (QED) is 0.593. The zero-order valence-corrected chi connectivity index (χ0v) is 8.22. The van der Waals surface area contributed by atoms with Crippen LogP contribution in [0.4, 0.5) is 0 Å². The lowest BCUT2D eigenvalue weighted by atomic mass is 10.3. The molecular formula is C8H11IO. The topological polar surface area (TPSA) is 13.1 Å². The molecule has 0 spiro atoms. The summed E-state index contributed by atoms with van der Waals surface area (Å²) in [6.45, 7) is 2.10. The second-order valence-corrected chi connectivity index (χ2v) is 3.24. The first kappa shape index (κ1) is 8.11. The molecule has 1 rings (SSSR count). The van der Waals surface area contributed by atoms with E-state index in [0.29, 0.717) is 0 Å². The standard InChI is InChI=1S/C8H11IO/c1-2-7-3-4-8(10-7)5-6-9/h3-4H,2,5-6H2,1H3. The van der Waals surface area contributed by atoms with Crippen molar-refractivity contribution in [3.63, 3.8) is 0 Å². The molecule has 0 aliphatic carbocycles. The monoisotopic (exact) mass is 250 g/mol. The zero-order chi connectivity index (χ0) is 7.40. The Hall–Kier alpha value is 0.01000. The summed E-state index contributed by atoms with van der Waals surface area (Å²) in [6.07, 6.45) is 2.06. The maximum atomic E-state index is 5.47. The fourth-order valence-electron chi connectivity index (χ4n) is 0.840. The van der Waals surface area contributed by atoms with E-state index in [-0.39, 0.29) is 0 Å². The van der Waals surface area contributed by atoms with Crippen LogP contribution >= 0.6 is 22.6 Å². The Morgan fingerprint density at radius 2 is 2.10 bits per heavy atom. The number of rotatable bonds is 3. The molecular weight excluding hydrogens is 239 g/mol. The summed E-state index contributed by atoms with van der Waals surface area (Å²) in [5, 5.41) is 0. The summed E-state index contributed by atoms with van der Waals surface area (Å²) in [6, 6.07) is 4.12. The lowest BCUT2D eigenvalue weighted by Crippen LogP contribution is -1.79. The molecule has 2 heteroatoms. The van der Waals surface area contributed by atoms with Gasteiger partial charge in [-0.3, -0.25) is 0 Å². The number of aryl methyl sites for hydroxylation is 2. The molecule has 0 amide bonds. The van der Waals surface area contributed by atoms with Crippen LogP contribution in [0.1, 0.15) is 18.4 Å². The van der Waals surface area contributed by atoms with E-state index in [1.807, 2.05) is 0 Å². The summed E-state index contributed by atoms with van der Waals surface area (Å²) < 4.78 is 6.60. The first-order valence-corrected chi connectivity index (χ1v) is 5.03. The van der Waals surface area contributed by atoms with Gasteiger partial charge in [0.05, 0.1) is 0 Å². The van der Waals surface area contributed by atoms with Gasteiger partial charge in [0.25, 0.3) is 0 Å². The fraction of sp³-hybridized carbons (Fsp3) is 0.500. The van der Waals surface area contributed by atoms with Gasteiger partial charge in [-0.25, -0.2) is 0 Å². The minimum absolute atomic E-state index is 1.00. The molecule has 0 N–H and O–H groups in total. The fourth-order valence-corrected chi connectivity index (χ4v) is 1.37. The van der Waals surface area contributed by atoms with Gasteiger partial charge in [0.1, 0.15) is 11.5 Å². The van der Waals surface area contributed by atoms with Gasteiger partial charge in [-0.05, 0) is 12.1 Å². The molecule has 0 unspecified atom stereocenters. The molecule has 0 saturated heterocycles. The first-order valence-electron chi connectivity index (χ1n) is 3.50. The predicted octanol–water partition coefficient (Wildman–Crippen LogP) is 2.82. The molecule has 1 aromatic heterocycles. The Labute approximate surface area is 74.9 Å². The maximum absolute atomic E-state index is 5.47. The molecule has 0 aromatic carbocycles. The largest absolute Gasteiger partial charge is 0.466 e. The average molecular weight is 250 g/mol. The first-order chi connectivity index (χ1) is 4.86. The Bertz CT molecular complexity index is 193. The minimum Gasteiger partial charge on any atom is -0.466 e. The highest BCUT2D eigenvalue weighted by Crippen LogP contribution is 2.09. The number of hydrogen-bond acceptors (Lipinski definition) is 1. The van der Waals surface area contributed by atoms with Crippen LogP contribution in [0.5, 0.6) is 0 Å². The molecule has 0 radical (unpaired) electrons. The third kappa shape index (κ3) is 2.01. The Balaban J connectivity index is 2.59.